The number of hydrogen-bond donors (Lipinski definition) is 1. The molecular formula is C16H20FNS. The van der Waals surface area contributed by atoms with Crippen molar-refractivity contribution < 1.29 is 4.39 Å². The number of benzene rings is 1. The minimum Gasteiger partial charge on any atom is -0.305 e. The van der Waals surface area contributed by atoms with E-state index >= 15 is 0 Å². The van der Waals surface area contributed by atoms with Crippen molar-refractivity contribution in [1.29, 1.82) is 0 Å². The fourth-order valence-corrected chi connectivity index (χ4v) is 2.95. The summed E-state index contributed by atoms with van der Waals surface area (Å²) in [6.07, 6.45) is 2.24. The second-order valence-corrected chi connectivity index (χ2v) is 5.80. The molecule has 19 heavy (non-hydrogen) atoms. The molecule has 1 N–H and O–H groups in total. The van der Waals surface area contributed by atoms with Crippen molar-refractivity contribution in [3.05, 3.63) is 57.5 Å². The Bertz CT molecular complexity index is 507. The van der Waals surface area contributed by atoms with Gasteiger partial charge in [0.25, 0.3) is 0 Å². The topological polar surface area (TPSA) is 12.0 Å². The summed E-state index contributed by atoms with van der Waals surface area (Å²) < 4.78 is 13.5. The van der Waals surface area contributed by atoms with Crippen LogP contribution in [0.1, 0.15) is 41.8 Å². The predicted molar refractivity (Wildman–Crippen MR) is 79.9 cm³/mol. The maximum absolute atomic E-state index is 13.5. The largest absolute Gasteiger partial charge is 0.305 e. The Morgan fingerprint density at radius 3 is 2.79 bits per heavy atom. The molecule has 0 amide bonds. The van der Waals surface area contributed by atoms with E-state index in [4.69, 9.17) is 0 Å². The Labute approximate surface area is 118 Å². The van der Waals surface area contributed by atoms with Crippen LogP contribution < -0.4 is 5.32 Å². The maximum Gasteiger partial charge on any atom is 0.126 e. The highest BCUT2D eigenvalue weighted by Crippen LogP contribution is 2.23. The Morgan fingerprint density at radius 1 is 1.32 bits per heavy atom. The van der Waals surface area contributed by atoms with Crippen LogP contribution in [0.25, 0.3) is 0 Å². The smallest absolute Gasteiger partial charge is 0.126 e. The molecule has 1 heterocycles. The molecule has 0 saturated heterocycles. The first-order valence-electron chi connectivity index (χ1n) is 6.72. The van der Waals surface area contributed by atoms with E-state index in [1.165, 1.54) is 4.88 Å². The van der Waals surface area contributed by atoms with Gasteiger partial charge in [0, 0.05) is 17.5 Å². The third-order valence-electron chi connectivity index (χ3n) is 3.25. The van der Waals surface area contributed by atoms with Gasteiger partial charge in [-0.3, -0.25) is 0 Å². The Hall–Kier alpha value is -1.19. The lowest BCUT2D eigenvalue weighted by molar-refractivity contribution is 0.499. The number of hydrogen-bond acceptors (Lipinski definition) is 2. The Morgan fingerprint density at radius 2 is 2.16 bits per heavy atom. The van der Waals surface area contributed by atoms with Crippen LogP contribution in [0.4, 0.5) is 4.39 Å². The van der Waals surface area contributed by atoms with Crippen LogP contribution in [-0.2, 0) is 6.54 Å². The van der Waals surface area contributed by atoms with E-state index in [9.17, 15) is 4.39 Å². The number of nitrogens with one attached hydrogen (secondary N) is 1. The molecule has 0 aliphatic heterocycles. The van der Waals surface area contributed by atoms with E-state index in [-0.39, 0.29) is 5.82 Å². The van der Waals surface area contributed by atoms with Gasteiger partial charge in [-0.15, -0.1) is 11.3 Å². The highest BCUT2D eigenvalue weighted by atomic mass is 32.1. The number of thiophene rings is 1. The fourth-order valence-electron chi connectivity index (χ4n) is 2.11. The van der Waals surface area contributed by atoms with Crippen molar-refractivity contribution in [2.75, 3.05) is 0 Å². The van der Waals surface area contributed by atoms with Crippen LogP contribution >= 0.6 is 11.3 Å². The summed E-state index contributed by atoms with van der Waals surface area (Å²) in [6.45, 7) is 4.69. The van der Waals surface area contributed by atoms with Crippen molar-refractivity contribution in [3.8, 4) is 0 Å². The number of aryl methyl sites for hydroxylation is 1. The predicted octanol–water partition coefficient (Wildman–Crippen LogP) is 4.83. The van der Waals surface area contributed by atoms with Crippen LogP contribution in [0.15, 0.2) is 35.7 Å². The van der Waals surface area contributed by atoms with E-state index in [1.54, 1.807) is 24.3 Å². The zero-order valence-corrected chi connectivity index (χ0v) is 12.3. The van der Waals surface area contributed by atoms with Gasteiger partial charge in [-0.05, 0) is 42.0 Å². The zero-order valence-electron chi connectivity index (χ0n) is 11.4. The lowest BCUT2D eigenvalue weighted by atomic mass is 10.1. The van der Waals surface area contributed by atoms with Gasteiger partial charge in [-0.25, -0.2) is 4.39 Å². The van der Waals surface area contributed by atoms with Crippen molar-refractivity contribution in [1.82, 2.24) is 5.32 Å². The lowest BCUT2D eigenvalue weighted by Crippen LogP contribution is -2.20. The zero-order chi connectivity index (χ0) is 13.7. The van der Waals surface area contributed by atoms with Gasteiger partial charge in [-0.2, -0.15) is 0 Å². The van der Waals surface area contributed by atoms with Gasteiger partial charge in [0.05, 0.1) is 0 Å². The number of rotatable bonds is 6. The summed E-state index contributed by atoms with van der Waals surface area (Å²) in [4.78, 5) is 1.36. The van der Waals surface area contributed by atoms with Crippen LogP contribution in [-0.4, -0.2) is 0 Å². The molecule has 0 spiro atoms. The lowest BCUT2D eigenvalue weighted by Gasteiger charge is -2.17. The van der Waals surface area contributed by atoms with Gasteiger partial charge in [0.2, 0.25) is 0 Å². The minimum absolute atomic E-state index is 0.123. The summed E-state index contributed by atoms with van der Waals surface area (Å²) >= 11 is 1.78. The molecule has 1 aromatic heterocycles. The van der Waals surface area contributed by atoms with E-state index in [0.29, 0.717) is 18.2 Å². The van der Waals surface area contributed by atoms with E-state index in [2.05, 4.69) is 29.8 Å². The number of halogens is 1. The molecule has 102 valence electrons. The summed E-state index contributed by atoms with van der Waals surface area (Å²) in [5.74, 6) is -0.123. The molecule has 1 atom stereocenters. The molecule has 1 unspecified atom stereocenters. The standard InChI is InChI=1S/C16H20FNS/c1-3-5-15(16-6-4-9-19-16)18-11-13-8-7-12(2)14(17)10-13/h4,6-10,15,18H,3,5,11H2,1-2H3. The van der Waals surface area contributed by atoms with Gasteiger partial charge in [0.15, 0.2) is 0 Å². The summed E-state index contributed by atoms with van der Waals surface area (Å²) in [7, 11) is 0. The average molecular weight is 277 g/mol. The third kappa shape index (κ3) is 3.88. The molecular weight excluding hydrogens is 257 g/mol. The molecule has 0 fully saturated rings. The Kier molecular flexibility index (Phi) is 5.11. The Balaban J connectivity index is 2.00. The van der Waals surface area contributed by atoms with E-state index < -0.39 is 0 Å². The van der Waals surface area contributed by atoms with Gasteiger partial charge in [-0.1, -0.05) is 31.5 Å². The van der Waals surface area contributed by atoms with Crippen LogP contribution in [0.5, 0.6) is 0 Å². The van der Waals surface area contributed by atoms with E-state index in [0.717, 1.165) is 18.4 Å². The molecule has 2 aromatic rings. The molecule has 3 heteroatoms. The molecule has 0 radical (unpaired) electrons. The first-order chi connectivity index (χ1) is 9.20. The SMILES string of the molecule is CCCC(NCc1ccc(C)c(F)c1)c1cccs1. The normalized spacial score (nSPS) is 12.6. The second kappa shape index (κ2) is 6.83. The molecule has 0 aliphatic carbocycles. The summed E-state index contributed by atoms with van der Waals surface area (Å²) in [6, 6.07) is 10.1. The van der Waals surface area contributed by atoms with Crippen LogP contribution in [0.2, 0.25) is 0 Å². The van der Waals surface area contributed by atoms with Gasteiger partial charge in [0.1, 0.15) is 5.82 Å². The molecule has 0 bridgehead atoms. The van der Waals surface area contributed by atoms with Crippen molar-refractivity contribution in [2.45, 2.75) is 39.3 Å². The third-order valence-corrected chi connectivity index (χ3v) is 4.24. The monoisotopic (exact) mass is 277 g/mol. The quantitative estimate of drug-likeness (QED) is 0.797. The molecule has 0 saturated carbocycles. The molecule has 2 rings (SSSR count). The average Bonchev–Trinajstić information content (AvgIpc) is 2.92. The van der Waals surface area contributed by atoms with Crippen molar-refractivity contribution in [3.63, 3.8) is 0 Å². The highest BCUT2D eigenvalue weighted by Gasteiger charge is 2.11. The first kappa shape index (κ1) is 14.2. The second-order valence-electron chi connectivity index (χ2n) is 4.82. The van der Waals surface area contributed by atoms with Crippen molar-refractivity contribution >= 4 is 11.3 Å². The molecule has 0 aliphatic rings. The van der Waals surface area contributed by atoms with Crippen LogP contribution in [0.3, 0.4) is 0 Å². The van der Waals surface area contributed by atoms with Crippen molar-refractivity contribution in [2.24, 2.45) is 0 Å². The highest BCUT2D eigenvalue weighted by molar-refractivity contribution is 7.10. The minimum atomic E-state index is -0.123. The van der Waals surface area contributed by atoms with Gasteiger partial charge < -0.3 is 5.32 Å². The molecule has 1 nitrogen and oxygen atoms in total. The summed E-state index contributed by atoms with van der Waals surface area (Å²) in [5, 5.41) is 5.63. The van der Waals surface area contributed by atoms with Gasteiger partial charge >= 0.3 is 0 Å². The fraction of sp³-hybridized carbons (Fsp3) is 0.375. The molecule has 1 aromatic carbocycles. The van der Waals surface area contributed by atoms with E-state index in [1.807, 2.05) is 12.1 Å². The summed E-state index contributed by atoms with van der Waals surface area (Å²) in [5.41, 5.74) is 1.70. The van der Waals surface area contributed by atoms with Crippen LogP contribution in [0, 0.1) is 12.7 Å². The maximum atomic E-state index is 13.5. The first-order valence-corrected chi connectivity index (χ1v) is 7.60.